The van der Waals surface area contributed by atoms with Crippen molar-refractivity contribution in [1.29, 1.82) is 0 Å². The van der Waals surface area contributed by atoms with E-state index in [-0.39, 0.29) is 5.56 Å². The molecule has 9 heteroatoms. The van der Waals surface area contributed by atoms with Gasteiger partial charge in [-0.3, -0.25) is 25.0 Å². The molecule has 0 bridgehead atoms. The Hall–Kier alpha value is -3.49. The highest BCUT2D eigenvalue weighted by Gasteiger charge is 2.19. The van der Waals surface area contributed by atoms with Gasteiger partial charge in [-0.1, -0.05) is 6.92 Å². The molecule has 0 aliphatic heterocycles. The monoisotopic (exact) mass is 345 g/mol. The number of hydrogen-bond donors (Lipinski definition) is 1. The van der Waals surface area contributed by atoms with Crippen molar-refractivity contribution >= 4 is 23.0 Å². The summed E-state index contributed by atoms with van der Waals surface area (Å²) in [4.78, 5) is 32.4. The third-order valence-corrected chi connectivity index (χ3v) is 3.17. The number of nitro groups is 2. The van der Waals surface area contributed by atoms with E-state index >= 15 is 0 Å². The van der Waals surface area contributed by atoms with Crippen molar-refractivity contribution < 1.29 is 19.4 Å². The van der Waals surface area contributed by atoms with Gasteiger partial charge in [0.25, 0.3) is 17.3 Å². The number of hydrogen-bond acceptors (Lipinski definition) is 6. The van der Waals surface area contributed by atoms with Gasteiger partial charge in [-0.25, -0.2) is 0 Å². The minimum absolute atomic E-state index is 0.174. The zero-order valence-electron chi connectivity index (χ0n) is 13.3. The van der Waals surface area contributed by atoms with E-state index in [0.29, 0.717) is 18.0 Å². The van der Waals surface area contributed by atoms with Crippen molar-refractivity contribution in [1.82, 2.24) is 0 Å². The fourth-order valence-electron chi connectivity index (χ4n) is 1.99. The maximum Gasteiger partial charge on any atom is 0.277 e. The van der Waals surface area contributed by atoms with Crippen LogP contribution in [0.3, 0.4) is 0 Å². The average Bonchev–Trinajstić information content (AvgIpc) is 2.60. The van der Waals surface area contributed by atoms with Crippen LogP contribution >= 0.6 is 0 Å². The topological polar surface area (TPSA) is 125 Å². The molecule has 2 rings (SSSR count). The van der Waals surface area contributed by atoms with Gasteiger partial charge in [0.05, 0.1) is 28.1 Å². The molecule has 0 aliphatic carbocycles. The maximum absolute atomic E-state index is 12.2. The molecule has 2 aromatic carbocycles. The van der Waals surface area contributed by atoms with E-state index < -0.39 is 27.1 Å². The molecule has 130 valence electrons. The summed E-state index contributed by atoms with van der Waals surface area (Å²) in [5, 5.41) is 24.3. The molecule has 1 N–H and O–H groups in total. The Labute approximate surface area is 142 Å². The number of rotatable bonds is 7. The molecular weight excluding hydrogens is 330 g/mol. The van der Waals surface area contributed by atoms with Crippen molar-refractivity contribution in [3.05, 3.63) is 68.3 Å². The summed E-state index contributed by atoms with van der Waals surface area (Å²) in [6.07, 6.45) is 0.865. The number of carbonyl (C=O) groups is 1. The molecule has 0 atom stereocenters. The van der Waals surface area contributed by atoms with Gasteiger partial charge in [-0.05, 0) is 30.7 Å². The van der Waals surface area contributed by atoms with Crippen molar-refractivity contribution in [3.63, 3.8) is 0 Å². The van der Waals surface area contributed by atoms with Gasteiger partial charge in [0.2, 0.25) is 0 Å². The number of nitrogens with zero attached hydrogens (tertiary/aromatic N) is 2. The lowest BCUT2D eigenvalue weighted by atomic mass is 10.1. The number of benzene rings is 2. The first-order chi connectivity index (χ1) is 11.9. The van der Waals surface area contributed by atoms with Gasteiger partial charge in [0, 0.05) is 17.8 Å². The zero-order chi connectivity index (χ0) is 18.4. The number of ether oxygens (including phenoxy) is 1. The largest absolute Gasteiger partial charge is 0.494 e. The minimum atomic E-state index is -0.788. The lowest BCUT2D eigenvalue weighted by Crippen LogP contribution is -2.12. The Kier molecular flexibility index (Phi) is 5.62. The highest BCUT2D eigenvalue weighted by Crippen LogP contribution is 2.24. The van der Waals surface area contributed by atoms with Crippen LogP contribution in [-0.4, -0.2) is 22.4 Å². The quantitative estimate of drug-likeness (QED) is 0.604. The number of non-ortho nitro benzene ring substituents is 2. The molecule has 1 amide bonds. The van der Waals surface area contributed by atoms with Crippen LogP contribution in [0.5, 0.6) is 5.75 Å². The maximum atomic E-state index is 12.2. The lowest BCUT2D eigenvalue weighted by Gasteiger charge is -2.08. The van der Waals surface area contributed by atoms with Crippen molar-refractivity contribution in [3.8, 4) is 5.75 Å². The van der Waals surface area contributed by atoms with Crippen LogP contribution in [0.2, 0.25) is 0 Å². The molecule has 0 heterocycles. The second-order valence-corrected chi connectivity index (χ2v) is 5.08. The van der Waals surface area contributed by atoms with E-state index in [9.17, 15) is 25.0 Å². The molecule has 0 spiro atoms. The molecular formula is C16H15N3O6. The van der Waals surface area contributed by atoms with Gasteiger partial charge in [-0.2, -0.15) is 0 Å². The van der Waals surface area contributed by atoms with Crippen molar-refractivity contribution in [2.24, 2.45) is 0 Å². The van der Waals surface area contributed by atoms with Crippen LogP contribution in [0, 0.1) is 20.2 Å². The van der Waals surface area contributed by atoms with Crippen LogP contribution < -0.4 is 10.1 Å². The summed E-state index contributed by atoms with van der Waals surface area (Å²) in [7, 11) is 0. The Bertz CT molecular complexity index is 772. The van der Waals surface area contributed by atoms with Crippen molar-refractivity contribution in [2.45, 2.75) is 13.3 Å². The molecule has 0 saturated carbocycles. The molecule has 25 heavy (non-hydrogen) atoms. The summed E-state index contributed by atoms with van der Waals surface area (Å²) < 4.78 is 5.42. The summed E-state index contributed by atoms with van der Waals surface area (Å²) in [5.41, 5.74) is -0.791. The Morgan fingerprint density at radius 3 is 2.08 bits per heavy atom. The minimum Gasteiger partial charge on any atom is -0.494 e. The predicted molar refractivity (Wildman–Crippen MR) is 89.9 cm³/mol. The Morgan fingerprint density at radius 1 is 1.04 bits per heavy atom. The van der Waals surface area contributed by atoms with Crippen LogP contribution in [0.1, 0.15) is 23.7 Å². The first-order valence-corrected chi connectivity index (χ1v) is 7.38. The fraction of sp³-hybridized carbons (Fsp3) is 0.188. The molecule has 9 nitrogen and oxygen atoms in total. The lowest BCUT2D eigenvalue weighted by molar-refractivity contribution is -0.394. The highest BCUT2D eigenvalue weighted by molar-refractivity contribution is 6.05. The van der Waals surface area contributed by atoms with Gasteiger partial charge < -0.3 is 10.1 Å². The van der Waals surface area contributed by atoms with E-state index in [4.69, 9.17) is 4.74 Å². The third-order valence-electron chi connectivity index (χ3n) is 3.17. The standard InChI is InChI=1S/C16H15N3O6/c1-2-7-25-15-5-3-12(4-6-15)17-16(20)11-8-13(18(21)22)10-14(9-11)19(23)24/h3-6,8-10H,2,7H2,1H3,(H,17,20). The second-order valence-electron chi connectivity index (χ2n) is 5.08. The molecule has 0 aromatic heterocycles. The van der Waals surface area contributed by atoms with Crippen LogP contribution in [-0.2, 0) is 0 Å². The van der Waals surface area contributed by atoms with Gasteiger partial charge in [0.1, 0.15) is 5.75 Å². The molecule has 0 aliphatic rings. The summed E-state index contributed by atoms with van der Waals surface area (Å²) >= 11 is 0. The predicted octanol–water partition coefficient (Wildman–Crippen LogP) is 3.54. The number of carbonyl (C=O) groups excluding carboxylic acids is 1. The van der Waals surface area contributed by atoms with Crippen LogP contribution in [0.25, 0.3) is 0 Å². The SMILES string of the molecule is CCCOc1ccc(NC(=O)c2cc([N+](=O)[O-])cc([N+](=O)[O-])c2)cc1. The van der Waals surface area contributed by atoms with E-state index in [0.717, 1.165) is 24.6 Å². The van der Waals surface area contributed by atoms with E-state index in [1.54, 1.807) is 24.3 Å². The summed E-state index contributed by atoms with van der Waals surface area (Å²) in [5.74, 6) is -0.0418. The fourth-order valence-corrected chi connectivity index (χ4v) is 1.99. The molecule has 0 fully saturated rings. The van der Waals surface area contributed by atoms with Crippen molar-refractivity contribution in [2.75, 3.05) is 11.9 Å². The Morgan fingerprint density at radius 2 is 1.60 bits per heavy atom. The molecule has 0 saturated heterocycles. The van der Waals surface area contributed by atoms with Crippen LogP contribution in [0.15, 0.2) is 42.5 Å². The molecule has 0 unspecified atom stereocenters. The number of nitro benzene ring substituents is 2. The Balaban J connectivity index is 2.19. The normalized spacial score (nSPS) is 10.1. The first-order valence-electron chi connectivity index (χ1n) is 7.38. The summed E-state index contributed by atoms with van der Waals surface area (Å²) in [6.45, 7) is 2.55. The van der Waals surface area contributed by atoms with Gasteiger partial charge in [-0.15, -0.1) is 0 Å². The number of amides is 1. The molecule has 2 aromatic rings. The first kappa shape index (κ1) is 17.9. The summed E-state index contributed by atoms with van der Waals surface area (Å²) in [6, 6.07) is 9.32. The number of nitrogens with one attached hydrogen (secondary N) is 1. The average molecular weight is 345 g/mol. The van der Waals surface area contributed by atoms with Gasteiger partial charge >= 0.3 is 0 Å². The van der Waals surface area contributed by atoms with E-state index in [1.807, 2.05) is 6.92 Å². The second kappa shape index (κ2) is 7.86. The number of anilines is 1. The van der Waals surface area contributed by atoms with Gasteiger partial charge in [0.15, 0.2) is 0 Å². The smallest absolute Gasteiger partial charge is 0.277 e. The highest BCUT2D eigenvalue weighted by atomic mass is 16.6. The molecule has 0 radical (unpaired) electrons. The van der Waals surface area contributed by atoms with Crippen LogP contribution in [0.4, 0.5) is 17.1 Å². The van der Waals surface area contributed by atoms with E-state index in [2.05, 4.69) is 5.32 Å². The zero-order valence-corrected chi connectivity index (χ0v) is 13.3. The third kappa shape index (κ3) is 4.74. The van der Waals surface area contributed by atoms with E-state index in [1.165, 1.54) is 0 Å².